The second-order valence-corrected chi connectivity index (χ2v) is 4.47. The van der Waals surface area contributed by atoms with Crippen LogP contribution in [0.25, 0.3) is 0 Å². The first kappa shape index (κ1) is 17.3. The molecule has 1 heterocycles. The predicted molar refractivity (Wildman–Crippen MR) is 69.4 cm³/mol. The Bertz CT molecular complexity index is 104. The topological polar surface area (TPSA) is 12.5 Å². The summed E-state index contributed by atoms with van der Waals surface area (Å²) in [4.78, 5) is 2.43. The van der Waals surface area contributed by atoms with Crippen LogP contribution in [0, 0.1) is 5.92 Å². The molecule has 2 nitrogen and oxygen atoms in total. The fraction of sp³-hybridized carbons (Fsp3) is 1.00. The van der Waals surface area contributed by atoms with Gasteiger partial charge in [-0.3, -0.25) is 4.90 Å². The number of morpholine rings is 1. The molecule has 1 aliphatic heterocycles. The highest BCUT2D eigenvalue weighted by atomic mass is 16.5. The van der Waals surface area contributed by atoms with Gasteiger partial charge in [0.2, 0.25) is 0 Å². The molecule has 0 amide bonds. The first-order chi connectivity index (χ1) is 7.04. The predicted octanol–water partition coefficient (Wildman–Crippen LogP) is 3.42. The Morgan fingerprint density at radius 1 is 0.867 bits per heavy atom. The van der Waals surface area contributed by atoms with E-state index in [4.69, 9.17) is 4.74 Å². The second-order valence-electron chi connectivity index (χ2n) is 4.47. The summed E-state index contributed by atoms with van der Waals surface area (Å²) in [6, 6.07) is 0.689. The van der Waals surface area contributed by atoms with Gasteiger partial charge < -0.3 is 4.74 Å². The van der Waals surface area contributed by atoms with Crippen LogP contribution in [0.2, 0.25) is 0 Å². The highest BCUT2D eigenvalue weighted by Crippen LogP contribution is 2.01. The quantitative estimate of drug-likeness (QED) is 0.667. The third kappa shape index (κ3) is 13.9. The highest BCUT2D eigenvalue weighted by molar-refractivity contribution is 4.64. The Labute approximate surface area is 97.0 Å². The van der Waals surface area contributed by atoms with Gasteiger partial charge in [-0.15, -0.1) is 0 Å². The Hall–Kier alpha value is -0.0800. The zero-order valence-corrected chi connectivity index (χ0v) is 11.8. The van der Waals surface area contributed by atoms with Gasteiger partial charge in [-0.1, -0.05) is 34.6 Å². The molecule has 0 aliphatic carbocycles. The largest absolute Gasteiger partial charge is 0.379 e. The fourth-order valence-corrected chi connectivity index (χ4v) is 1.09. The van der Waals surface area contributed by atoms with Crippen LogP contribution in [-0.2, 0) is 4.74 Å². The molecule has 0 unspecified atom stereocenters. The summed E-state index contributed by atoms with van der Waals surface area (Å²) >= 11 is 0. The summed E-state index contributed by atoms with van der Waals surface area (Å²) in [5, 5.41) is 0. The molecule has 0 aromatic heterocycles. The van der Waals surface area contributed by atoms with Crippen LogP contribution in [0.4, 0.5) is 0 Å². The lowest BCUT2D eigenvalue weighted by atomic mass is 10.3. The fourth-order valence-electron chi connectivity index (χ4n) is 1.09. The minimum Gasteiger partial charge on any atom is -0.379 e. The first-order valence-corrected chi connectivity index (χ1v) is 6.35. The average molecular weight is 217 g/mol. The van der Waals surface area contributed by atoms with Crippen molar-refractivity contribution in [2.24, 2.45) is 5.92 Å². The molecule has 15 heavy (non-hydrogen) atoms. The molecule has 0 bridgehead atoms. The van der Waals surface area contributed by atoms with Gasteiger partial charge >= 0.3 is 0 Å². The van der Waals surface area contributed by atoms with Crippen LogP contribution in [0.3, 0.4) is 0 Å². The van der Waals surface area contributed by atoms with Gasteiger partial charge in [0.15, 0.2) is 0 Å². The van der Waals surface area contributed by atoms with E-state index in [0.717, 1.165) is 32.2 Å². The van der Waals surface area contributed by atoms with E-state index >= 15 is 0 Å². The summed E-state index contributed by atoms with van der Waals surface area (Å²) in [5.41, 5.74) is 0. The van der Waals surface area contributed by atoms with Gasteiger partial charge in [0.25, 0.3) is 0 Å². The molecule has 1 saturated heterocycles. The minimum atomic E-state index is 0.689. The van der Waals surface area contributed by atoms with E-state index in [2.05, 4.69) is 39.5 Å². The standard InChI is InChI=1S/C7H15NO.C4H10.C2H6/c1-7(2)8-3-5-9-6-4-8;1-4(2)3;1-2/h7H,3-6H2,1-2H3;4H,1-3H3;1-2H3. The Kier molecular flexibility index (Phi) is 13.8. The van der Waals surface area contributed by atoms with Crippen LogP contribution >= 0.6 is 0 Å². The minimum absolute atomic E-state index is 0.689. The Balaban J connectivity index is 0. The van der Waals surface area contributed by atoms with Crippen LogP contribution in [0.1, 0.15) is 48.5 Å². The van der Waals surface area contributed by atoms with Crippen molar-refractivity contribution >= 4 is 0 Å². The number of hydrogen-bond donors (Lipinski definition) is 0. The lowest BCUT2D eigenvalue weighted by Crippen LogP contribution is -2.40. The van der Waals surface area contributed by atoms with Crippen molar-refractivity contribution in [1.82, 2.24) is 4.90 Å². The first-order valence-electron chi connectivity index (χ1n) is 6.35. The van der Waals surface area contributed by atoms with E-state index in [1.54, 1.807) is 0 Å². The third-order valence-corrected chi connectivity index (χ3v) is 1.78. The lowest BCUT2D eigenvalue weighted by Gasteiger charge is -2.29. The smallest absolute Gasteiger partial charge is 0.0594 e. The maximum atomic E-state index is 5.21. The summed E-state index contributed by atoms with van der Waals surface area (Å²) in [6.07, 6.45) is 0. The van der Waals surface area contributed by atoms with Gasteiger partial charge in [-0.05, 0) is 19.8 Å². The van der Waals surface area contributed by atoms with E-state index in [1.165, 1.54) is 0 Å². The van der Waals surface area contributed by atoms with Crippen molar-refractivity contribution in [3.05, 3.63) is 0 Å². The Morgan fingerprint density at radius 2 is 1.20 bits per heavy atom. The van der Waals surface area contributed by atoms with E-state index in [1.807, 2.05) is 13.8 Å². The normalized spacial score (nSPS) is 16.6. The number of hydrogen-bond acceptors (Lipinski definition) is 2. The number of rotatable bonds is 1. The van der Waals surface area contributed by atoms with Crippen molar-refractivity contribution in [3.63, 3.8) is 0 Å². The molecule has 1 fully saturated rings. The van der Waals surface area contributed by atoms with Crippen LogP contribution in [0.5, 0.6) is 0 Å². The molecule has 94 valence electrons. The van der Waals surface area contributed by atoms with E-state index in [0.29, 0.717) is 6.04 Å². The molecular weight excluding hydrogens is 186 g/mol. The number of nitrogens with zero attached hydrogens (tertiary/aromatic N) is 1. The van der Waals surface area contributed by atoms with Crippen molar-refractivity contribution in [2.75, 3.05) is 26.3 Å². The molecule has 0 aromatic rings. The molecule has 1 rings (SSSR count). The molecule has 0 N–H and O–H groups in total. The molecule has 0 radical (unpaired) electrons. The highest BCUT2D eigenvalue weighted by Gasteiger charge is 2.11. The molecule has 0 spiro atoms. The molecule has 1 aliphatic rings. The second kappa shape index (κ2) is 12.0. The molecular formula is C13H31NO. The Morgan fingerprint density at radius 3 is 1.40 bits per heavy atom. The molecule has 0 atom stereocenters. The van der Waals surface area contributed by atoms with Gasteiger partial charge in [0.1, 0.15) is 0 Å². The number of ether oxygens (including phenoxy) is 1. The van der Waals surface area contributed by atoms with Crippen molar-refractivity contribution in [3.8, 4) is 0 Å². The van der Waals surface area contributed by atoms with Crippen molar-refractivity contribution in [2.45, 2.75) is 54.5 Å². The average Bonchev–Trinajstić information content (AvgIpc) is 2.21. The van der Waals surface area contributed by atoms with E-state index < -0.39 is 0 Å². The van der Waals surface area contributed by atoms with Gasteiger partial charge in [-0.25, -0.2) is 0 Å². The van der Waals surface area contributed by atoms with Crippen molar-refractivity contribution in [1.29, 1.82) is 0 Å². The van der Waals surface area contributed by atoms with Crippen LogP contribution < -0.4 is 0 Å². The maximum absolute atomic E-state index is 5.21. The maximum Gasteiger partial charge on any atom is 0.0594 e. The van der Waals surface area contributed by atoms with Gasteiger partial charge in [-0.2, -0.15) is 0 Å². The van der Waals surface area contributed by atoms with Gasteiger partial charge in [0.05, 0.1) is 13.2 Å². The summed E-state index contributed by atoms with van der Waals surface area (Å²) in [6.45, 7) is 19.0. The van der Waals surface area contributed by atoms with Gasteiger partial charge in [0, 0.05) is 19.1 Å². The molecule has 0 saturated carbocycles. The summed E-state index contributed by atoms with van der Waals surface area (Å²) in [7, 11) is 0. The van der Waals surface area contributed by atoms with Crippen molar-refractivity contribution < 1.29 is 4.74 Å². The lowest BCUT2D eigenvalue weighted by molar-refractivity contribution is 0.0238. The molecule has 2 heteroatoms. The van der Waals surface area contributed by atoms with Crippen LogP contribution in [-0.4, -0.2) is 37.2 Å². The van der Waals surface area contributed by atoms with E-state index in [9.17, 15) is 0 Å². The SMILES string of the molecule is CC.CC(C)C.CC(C)N1CCOCC1. The van der Waals surface area contributed by atoms with Crippen LogP contribution in [0.15, 0.2) is 0 Å². The zero-order chi connectivity index (χ0) is 12.3. The third-order valence-electron chi connectivity index (χ3n) is 1.78. The monoisotopic (exact) mass is 217 g/mol. The summed E-state index contributed by atoms with van der Waals surface area (Å²) < 4.78 is 5.21. The van der Waals surface area contributed by atoms with E-state index in [-0.39, 0.29) is 0 Å². The summed E-state index contributed by atoms with van der Waals surface area (Å²) in [5.74, 6) is 0.833. The zero-order valence-electron chi connectivity index (χ0n) is 11.8. The molecule has 0 aromatic carbocycles.